The predicted octanol–water partition coefficient (Wildman–Crippen LogP) is 2.37. The molecule has 6 heteroatoms. The molecule has 2 N–H and O–H groups in total. The van der Waals surface area contributed by atoms with Crippen LogP contribution in [-0.4, -0.2) is 33.0 Å². The normalized spacial score (nSPS) is 12.4. The van der Waals surface area contributed by atoms with Crippen molar-refractivity contribution in [3.63, 3.8) is 0 Å². The number of imidazole rings is 1. The van der Waals surface area contributed by atoms with Gasteiger partial charge in [-0.25, -0.2) is 4.98 Å². The molecular formula is C15H27N5O. The van der Waals surface area contributed by atoms with E-state index in [-0.39, 0.29) is 5.41 Å². The molecule has 2 rings (SSSR count). The van der Waals surface area contributed by atoms with Crippen LogP contribution >= 0.6 is 0 Å². The van der Waals surface area contributed by atoms with Gasteiger partial charge in [0.05, 0.1) is 5.69 Å². The van der Waals surface area contributed by atoms with Crippen LogP contribution in [0.25, 0.3) is 11.2 Å². The van der Waals surface area contributed by atoms with Gasteiger partial charge in [0.1, 0.15) is 5.52 Å². The summed E-state index contributed by atoms with van der Waals surface area (Å²) in [4.78, 5) is 4.54. The summed E-state index contributed by atoms with van der Waals surface area (Å²) in [6.07, 6.45) is 2.96. The van der Waals surface area contributed by atoms with Gasteiger partial charge >= 0.3 is 0 Å². The third kappa shape index (κ3) is 3.20. The molecule has 21 heavy (non-hydrogen) atoms. The molecule has 0 spiro atoms. The molecule has 2 heterocycles. The predicted molar refractivity (Wildman–Crippen MR) is 85.2 cm³/mol. The summed E-state index contributed by atoms with van der Waals surface area (Å²) in [5, 5.41) is 4.59. The van der Waals surface area contributed by atoms with Gasteiger partial charge in [0, 0.05) is 27.3 Å². The van der Waals surface area contributed by atoms with Crippen LogP contribution in [0.15, 0.2) is 0 Å². The summed E-state index contributed by atoms with van der Waals surface area (Å²) in [5.74, 6) is 0.570. The first-order valence-electron chi connectivity index (χ1n) is 7.56. The van der Waals surface area contributed by atoms with E-state index in [1.165, 1.54) is 0 Å². The Kier molecular flexibility index (Phi) is 4.56. The summed E-state index contributed by atoms with van der Waals surface area (Å²) in [5.41, 5.74) is 9.23. The quantitative estimate of drug-likeness (QED) is 0.850. The molecule has 0 saturated heterocycles. The van der Waals surface area contributed by atoms with Gasteiger partial charge < -0.3 is 10.5 Å². The van der Waals surface area contributed by atoms with E-state index < -0.39 is 0 Å². The van der Waals surface area contributed by atoms with E-state index in [0.717, 1.165) is 49.3 Å². The zero-order valence-corrected chi connectivity index (χ0v) is 13.8. The maximum absolute atomic E-state index is 6.15. The molecule has 2 aromatic heterocycles. The number of aryl methyl sites for hydroxylation is 2. The lowest BCUT2D eigenvalue weighted by molar-refractivity contribution is 0.143. The number of aromatic nitrogens is 4. The Morgan fingerprint density at radius 1 is 1.33 bits per heavy atom. The van der Waals surface area contributed by atoms with Gasteiger partial charge in [-0.2, -0.15) is 5.10 Å². The standard InChI is InChI=1S/C15H27N5O/c1-6-7-11-12-13(19(4)18-11)20(14(16)17-12)10-15(2,3)8-9-21-5/h6-10H2,1-5H3,(H2,16,17). The van der Waals surface area contributed by atoms with E-state index in [9.17, 15) is 0 Å². The number of ether oxygens (including phenoxy) is 1. The first-order chi connectivity index (χ1) is 9.89. The number of nitrogen functional groups attached to an aromatic ring is 1. The molecule has 0 radical (unpaired) electrons. The van der Waals surface area contributed by atoms with Crippen molar-refractivity contribution in [1.82, 2.24) is 19.3 Å². The highest BCUT2D eigenvalue weighted by atomic mass is 16.5. The van der Waals surface area contributed by atoms with Gasteiger partial charge in [0.15, 0.2) is 5.65 Å². The Morgan fingerprint density at radius 2 is 2.05 bits per heavy atom. The molecule has 0 aromatic carbocycles. The van der Waals surface area contributed by atoms with Crippen LogP contribution in [0.3, 0.4) is 0 Å². The molecule has 0 amide bonds. The summed E-state index contributed by atoms with van der Waals surface area (Å²) in [6, 6.07) is 0. The highest BCUT2D eigenvalue weighted by molar-refractivity contribution is 5.77. The molecule has 0 bridgehead atoms. The van der Waals surface area contributed by atoms with Gasteiger partial charge in [-0.3, -0.25) is 9.25 Å². The Bertz CT molecular complexity index is 611. The molecule has 0 fully saturated rings. The summed E-state index contributed by atoms with van der Waals surface area (Å²) in [6.45, 7) is 8.15. The average molecular weight is 293 g/mol. The van der Waals surface area contributed by atoms with E-state index in [1.807, 2.05) is 11.7 Å². The molecule has 6 nitrogen and oxygen atoms in total. The summed E-state index contributed by atoms with van der Waals surface area (Å²) < 4.78 is 9.18. The van der Waals surface area contributed by atoms with E-state index in [0.29, 0.717) is 5.95 Å². The van der Waals surface area contributed by atoms with Gasteiger partial charge in [-0.05, 0) is 18.3 Å². The van der Waals surface area contributed by atoms with Gasteiger partial charge in [-0.15, -0.1) is 0 Å². The smallest absolute Gasteiger partial charge is 0.202 e. The minimum absolute atomic E-state index is 0.0902. The molecule has 0 aliphatic heterocycles. The second-order valence-electron chi connectivity index (χ2n) is 6.46. The minimum Gasteiger partial charge on any atom is -0.385 e. The first-order valence-corrected chi connectivity index (χ1v) is 7.56. The van der Waals surface area contributed by atoms with Crippen molar-refractivity contribution in [2.24, 2.45) is 12.5 Å². The number of nitrogens with two attached hydrogens (primary N) is 1. The van der Waals surface area contributed by atoms with Crippen LogP contribution in [0, 0.1) is 5.41 Å². The topological polar surface area (TPSA) is 70.9 Å². The van der Waals surface area contributed by atoms with Crippen molar-refractivity contribution >= 4 is 17.1 Å². The zero-order chi connectivity index (χ0) is 15.6. The lowest BCUT2D eigenvalue weighted by atomic mass is 9.89. The third-order valence-electron chi connectivity index (χ3n) is 3.88. The number of methoxy groups -OCH3 is 1. The van der Waals surface area contributed by atoms with Gasteiger partial charge in [-0.1, -0.05) is 27.2 Å². The van der Waals surface area contributed by atoms with Crippen molar-refractivity contribution in [1.29, 1.82) is 0 Å². The van der Waals surface area contributed by atoms with Crippen LogP contribution < -0.4 is 5.73 Å². The Hall–Kier alpha value is -1.56. The van der Waals surface area contributed by atoms with E-state index in [4.69, 9.17) is 10.5 Å². The molecule has 0 aliphatic carbocycles. The van der Waals surface area contributed by atoms with Crippen LogP contribution in [-0.2, 0) is 24.8 Å². The van der Waals surface area contributed by atoms with Gasteiger partial charge in [0.2, 0.25) is 5.95 Å². The van der Waals surface area contributed by atoms with E-state index in [2.05, 4.69) is 35.4 Å². The lowest BCUT2D eigenvalue weighted by Crippen LogP contribution is -2.23. The number of rotatable bonds is 7. The minimum atomic E-state index is 0.0902. The van der Waals surface area contributed by atoms with Crippen LogP contribution in [0.1, 0.15) is 39.3 Å². The van der Waals surface area contributed by atoms with E-state index >= 15 is 0 Å². The molecule has 0 aliphatic rings. The molecule has 2 aromatic rings. The van der Waals surface area contributed by atoms with Crippen LogP contribution in [0.2, 0.25) is 0 Å². The van der Waals surface area contributed by atoms with Crippen molar-refractivity contribution in [3.8, 4) is 0 Å². The lowest BCUT2D eigenvalue weighted by Gasteiger charge is -2.25. The second kappa shape index (κ2) is 6.05. The number of hydrogen-bond acceptors (Lipinski definition) is 4. The molecular weight excluding hydrogens is 266 g/mol. The van der Waals surface area contributed by atoms with Crippen molar-refractivity contribution < 1.29 is 4.74 Å². The molecule has 0 saturated carbocycles. The Labute approximate surface area is 126 Å². The number of fused-ring (bicyclic) bond motifs is 1. The Balaban J connectivity index is 2.37. The monoisotopic (exact) mass is 293 g/mol. The van der Waals surface area contributed by atoms with Crippen molar-refractivity contribution in [2.45, 2.75) is 46.6 Å². The largest absolute Gasteiger partial charge is 0.385 e. The molecule has 118 valence electrons. The third-order valence-corrected chi connectivity index (χ3v) is 3.88. The number of nitrogens with zero attached hydrogens (tertiary/aromatic N) is 4. The fraction of sp³-hybridized carbons (Fsp3) is 0.733. The van der Waals surface area contributed by atoms with Crippen LogP contribution in [0.5, 0.6) is 0 Å². The fourth-order valence-corrected chi connectivity index (χ4v) is 2.71. The highest BCUT2D eigenvalue weighted by Crippen LogP contribution is 2.29. The summed E-state index contributed by atoms with van der Waals surface area (Å²) in [7, 11) is 3.69. The zero-order valence-electron chi connectivity index (χ0n) is 13.8. The first kappa shape index (κ1) is 15.8. The molecule has 0 atom stereocenters. The SMILES string of the molecule is CCCc1nn(C)c2c1nc(N)n2CC(C)(C)CCOC. The molecule has 0 unspecified atom stereocenters. The van der Waals surface area contributed by atoms with Crippen LogP contribution in [0.4, 0.5) is 5.95 Å². The fourth-order valence-electron chi connectivity index (χ4n) is 2.71. The average Bonchev–Trinajstić information content (AvgIpc) is 2.87. The maximum atomic E-state index is 6.15. The number of hydrogen-bond donors (Lipinski definition) is 1. The number of anilines is 1. The Morgan fingerprint density at radius 3 is 2.67 bits per heavy atom. The maximum Gasteiger partial charge on any atom is 0.202 e. The van der Waals surface area contributed by atoms with Gasteiger partial charge in [0.25, 0.3) is 0 Å². The van der Waals surface area contributed by atoms with E-state index in [1.54, 1.807) is 7.11 Å². The summed E-state index contributed by atoms with van der Waals surface area (Å²) >= 11 is 0. The van der Waals surface area contributed by atoms with Crippen molar-refractivity contribution in [3.05, 3.63) is 5.69 Å². The highest BCUT2D eigenvalue weighted by Gasteiger charge is 2.24. The van der Waals surface area contributed by atoms with Crippen molar-refractivity contribution in [2.75, 3.05) is 19.5 Å². The second-order valence-corrected chi connectivity index (χ2v) is 6.46.